The van der Waals surface area contributed by atoms with E-state index in [2.05, 4.69) is 15.1 Å². The summed E-state index contributed by atoms with van der Waals surface area (Å²) in [7, 11) is 0. The minimum absolute atomic E-state index is 0.0118. The Morgan fingerprint density at radius 3 is 2.35 bits per heavy atom. The van der Waals surface area contributed by atoms with Crippen LogP contribution in [0.15, 0.2) is 24.7 Å². The van der Waals surface area contributed by atoms with Crippen molar-refractivity contribution >= 4 is 0 Å². The highest BCUT2D eigenvalue weighted by molar-refractivity contribution is 5.15. The van der Waals surface area contributed by atoms with Gasteiger partial charge in [-0.1, -0.05) is 0 Å². The Hall–Kier alpha value is -1.96. The third kappa shape index (κ3) is 2.41. The standard InChI is InChI=1S/C9H7F3N4O/c10-9(11,12)7-1-2-16(15-7)8-13-3-6(5-17)4-14-8/h1-4,17H,5H2. The molecular formula is C9H7F3N4O. The van der Waals surface area contributed by atoms with Gasteiger partial charge in [-0.15, -0.1) is 0 Å². The van der Waals surface area contributed by atoms with Crippen LogP contribution in [-0.2, 0) is 12.8 Å². The van der Waals surface area contributed by atoms with Crippen LogP contribution in [0.1, 0.15) is 11.3 Å². The molecule has 0 saturated heterocycles. The molecule has 17 heavy (non-hydrogen) atoms. The Morgan fingerprint density at radius 1 is 1.24 bits per heavy atom. The number of rotatable bonds is 2. The molecule has 0 bridgehead atoms. The number of aliphatic hydroxyl groups is 1. The predicted molar refractivity (Wildman–Crippen MR) is 50.1 cm³/mol. The summed E-state index contributed by atoms with van der Waals surface area (Å²) in [6.45, 7) is -0.229. The van der Waals surface area contributed by atoms with Crippen LogP contribution in [0.3, 0.4) is 0 Å². The van der Waals surface area contributed by atoms with E-state index in [1.54, 1.807) is 0 Å². The fourth-order valence-corrected chi connectivity index (χ4v) is 1.13. The maximum absolute atomic E-state index is 12.3. The van der Waals surface area contributed by atoms with Gasteiger partial charge in [-0.05, 0) is 6.07 Å². The summed E-state index contributed by atoms with van der Waals surface area (Å²) in [5.74, 6) is 0.0118. The van der Waals surface area contributed by atoms with Gasteiger partial charge in [0.25, 0.3) is 0 Å². The maximum Gasteiger partial charge on any atom is 0.435 e. The second-order valence-corrected chi connectivity index (χ2v) is 3.19. The van der Waals surface area contributed by atoms with Crippen LogP contribution in [0.4, 0.5) is 13.2 Å². The summed E-state index contributed by atoms with van der Waals surface area (Å²) >= 11 is 0. The van der Waals surface area contributed by atoms with Crippen molar-refractivity contribution < 1.29 is 18.3 Å². The van der Waals surface area contributed by atoms with E-state index in [9.17, 15) is 13.2 Å². The van der Waals surface area contributed by atoms with Gasteiger partial charge >= 0.3 is 6.18 Å². The predicted octanol–water partition coefficient (Wildman–Crippen LogP) is 1.17. The van der Waals surface area contributed by atoms with Crippen LogP contribution in [-0.4, -0.2) is 24.9 Å². The molecule has 2 aromatic rings. The number of hydrogen-bond acceptors (Lipinski definition) is 4. The molecule has 0 radical (unpaired) electrons. The molecule has 1 N–H and O–H groups in total. The number of halogens is 3. The van der Waals surface area contributed by atoms with Gasteiger partial charge in [-0.25, -0.2) is 14.6 Å². The van der Waals surface area contributed by atoms with Gasteiger partial charge in [0.05, 0.1) is 6.61 Å². The average Bonchev–Trinajstić information content (AvgIpc) is 2.78. The molecule has 0 aliphatic carbocycles. The molecule has 0 saturated carbocycles. The minimum Gasteiger partial charge on any atom is -0.392 e. The van der Waals surface area contributed by atoms with Crippen molar-refractivity contribution in [3.63, 3.8) is 0 Å². The van der Waals surface area contributed by atoms with Gasteiger partial charge in [0.1, 0.15) is 0 Å². The number of hydrogen-bond donors (Lipinski definition) is 1. The normalized spacial score (nSPS) is 11.8. The lowest BCUT2D eigenvalue weighted by atomic mass is 10.4. The zero-order valence-corrected chi connectivity index (χ0v) is 8.39. The Labute approximate surface area is 93.6 Å². The lowest BCUT2D eigenvalue weighted by molar-refractivity contribution is -0.141. The van der Waals surface area contributed by atoms with E-state index in [-0.39, 0.29) is 12.6 Å². The highest BCUT2D eigenvalue weighted by atomic mass is 19.4. The molecule has 0 atom stereocenters. The summed E-state index contributed by atoms with van der Waals surface area (Å²) in [5.41, 5.74) is -0.538. The second-order valence-electron chi connectivity index (χ2n) is 3.19. The summed E-state index contributed by atoms with van der Waals surface area (Å²) in [6, 6.07) is 0.837. The molecular weight excluding hydrogens is 237 g/mol. The highest BCUT2D eigenvalue weighted by Crippen LogP contribution is 2.27. The molecule has 5 nitrogen and oxygen atoms in total. The molecule has 0 aliphatic rings. The average molecular weight is 244 g/mol. The molecule has 2 aromatic heterocycles. The summed E-state index contributed by atoms with van der Waals surface area (Å²) in [5, 5.41) is 12.1. The Kier molecular flexibility index (Phi) is 2.80. The van der Waals surface area contributed by atoms with Crippen molar-refractivity contribution in [1.29, 1.82) is 0 Å². The largest absolute Gasteiger partial charge is 0.435 e. The number of nitrogens with zero attached hydrogens (tertiary/aromatic N) is 4. The van der Waals surface area contributed by atoms with Gasteiger partial charge in [0, 0.05) is 24.2 Å². The lowest BCUT2D eigenvalue weighted by Crippen LogP contribution is -2.08. The quantitative estimate of drug-likeness (QED) is 0.861. The molecule has 0 unspecified atom stereocenters. The van der Waals surface area contributed by atoms with Crippen molar-refractivity contribution in [3.8, 4) is 5.95 Å². The van der Waals surface area contributed by atoms with Crippen molar-refractivity contribution in [2.45, 2.75) is 12.8 Å². The Balaban J connectivity index is 2.30. The van der Waals surface area contributed by atoms with Crippen molar-refractivity contribution in [2.75, 3.05) is 0 Å². The molecule has 0 amide bonds. The lowest BCUT2D eigenvalue weighted by Gasteiger charge is -2.02. The van der Waals surface area contributed by atoms with E-state index >= 15 is 0 Å². The maximum atomic E-state index is 12.3. The summed E-state index contributed by atoms with van der Waals surface area (Å²) in [4.78, 5) is 7.55. The highest BCUT2D eigenvalue weighted by Gasteiger charge is 2.33. The van der Waals surface area contributed by atoms with Crippen LogP contribution in [0.25, 0.3) is 5.95 Å². The molecule has 0 aliphatic heterocycles. The first-order chi connectivity index (χ1) is 8.00. The fourth-order valence-electron chi connectivity index (χ4n) is 1.13. The first-order valence-corrected chi connectivity index (χ1v) is 4.56. The van der Waals surface area contributed by atoms with E-state index in [1.165, 1.54) is 12.4 Å². The van der Waals surface area contributed by atoms with Crippen LogP contribution in [0, 0.1) is 0 Å². The third-order valence-corrected chi connectivity index (χ3v) is 1.96. The van der Waals surface area contributed by atoms with E-state index in [0.29, 0.717) is 5.56 Å². The molecule has 0 aromatic carbocycles. The van der Waals surface area contributed by atoms with E-state index in [0.717, 1.165) is 16.9 Å². The molecule has 8 heteroatoms. The molecule has 2 rings (SSSR count). The van der Waals surface area contributed by atoms with Crippen LogP contribution in [0.5, 0.6) is 0 Å². The van der Waals surface area contributed by atoms with Gasteiger partial charge in [-0.2, -0.15) is 18.3 Å². The zero-order valence-electron chi connectivity index (χ0n) is 8.39. The van der Waals surface area contributed by atoms with Gasteiger partial charge < -0.3 is 5.11 Å². The number of aromatic nitrogens is 4. The first-order valence-electron chi connectivity index (χ1n) is 4.56. The van der Waals surface area contributed by atoms with Crippen molar-refractivity contribution in [2.24, 2.45) is 0 Å². The van der Waals surface area contributed by atoms with E-state index < -0.39 is 11.9 Å². The van der Waals surface area contributed by atoms with Crippen molar-refractivity contribution in [3.05, 3.63) is 35.9 Å². The monoisotopic (exact) mass is 244 g/mol. The van der Waals surface area contributed by atoms with Crippen LogP contribution >= 0.6 is 0 Å². The van der Waals surface area contributed by atoms with E-state index in [1.807, 2.05) is 0 Å². The molecule has 2 heterocycles. The molecule has 90 valence electrons. The molecule has 0 fully saturated rings. The molecule has 0 spiro atoms. The number of aliphatic hydroxyl groups excluding tert-OH is 1. The third-order valence-electron chi connectivity index (χ3n) is 1.96. The van der Waals surface area contributed by atoms with E-state index in [4.69, 9.17) is 5.11 Å². The topological polar surface area (TPSA) is 63.8 Å². The van der Waals surface area contributed by atoms with Crippen LogP contribution in [0.2, 0.25) is 0 Å². The number of alkyl halides is 3. The Bertz CT molecular complexity index is 506. The smallest absolute Gasteiger partial charge is 0.392 e. The summed E-state index contributed by atoms with van der Waals surface area (Å²) in [6.07, 6.45) is -0.735. The summed E-state index contributed by atoms with van der Waals surface area (Å²) < 4.78 is 37.8. The van der Waals surface area contributed by atoms with Crippen molar-refractivity contribution in [1.82, 2.24) is 19.7 Å². The Morgan fingerprint density at radius 2 is 1.88 bits per heavy atom. The zero-order chi connectivity index (χ0) is 12.5. The minimum atomic E-state index is -4.49. The SMILES string of the molecule is OCc1cnc(-n2ccc(C(F)(F)F)n2)nc1. The van der Waals surface area contributed by atoms with Gasteiger partial charge in [-0.3, -0.25) is 0 Å². The van der Waals surface area contributed by atoms with Crippen LogP contribution < -0.4 is 0 Å². The van der Waals surface area contributed by atoms with Gasteiger partial charge in [0.15, 0.2) is 5.69 Å². The fraction of sp³-hybridized carbons (Fsp3) is 0.222. The first kappa shape index (κ1) is 11.5. The second kappa shape index (κ2) is 4.13. The van der Waals surface area contributed by atoms with Gasteiger partial charge in [0.2, 0.25) is 5.95 Å².